The Bertz CT molecular complexity index is 140. The SMILES string of the molecule is [O]=[Al][O][Si]1(O)O[Si](=O)O1. The van der Waals surface area contributed by atoms with Crippen molar-refractivity contribution in [2.75, 3.05) is 0 Å². The van der Waals surface area contributed by atoms with E-state index in [0.29, 0.717) is 0 Å². The van der Waals surface area contributed by atoms with E-state index in [2.05, 4.69) is 11.7 Å². The van der Waals surface area contributed by atoms with Gasteiger partial charge < -0.3 is 0 Å². The van der Waals surface area contributed by atoms with Gasteiger partial charge in [0.2, 0.25) is 0 Å². The minimum absolute atomic E-state index is 1.57. The molecule has 9 heteroatoms. The molecule has 48 valence electrons. The van der Waals surface area contributed by atoms with Crippen LogP contribution in [0.5, 0.6) is 0 Å². The molecule has 0 bridgehead atoms. The van der Waals surface area contributed by atoms with E-state index in [0.717, 1.165) is 0 Å². The molecule has 0 saturated carbocycles. The van der Waals surface area contributed by atoms with Crippen molar-refractivity contribution in [3.8, 4) is 0 Å². The molecule has 0 amide bonds. The van der Waals surface area contributed by atoms with E-state index in [1.165, 1.54) is 0 Å². The van der Waals surface area contributed by atoms with Crippen molar-refractivity contribution < 1.29 is 24.8 Å². The van der Waals surface area contributed by atoms with Gasteiger partial charge in [-0.05, 0) is 0 Å². The topological polar surface area (TPSA) is 82.1 Å². The van der Waals surface area contributed by atoms with Gasteiger partial charge in [0.05, 0.1) is 0 Å². The quantitative estimate of drug-likeness (QED) is 0.488. The van der Waals surface area contributed by atoms with Crippen LogP contribution in [0.25, 0.3) is 0 Å². The van der Waals surface area contributed by atoms with Crippen molar-refractivity contribution in [1.29, 1.82) is 0 Å². The molecule has 1 aliphatic rings. The number of hydrogen-bond acceptors (Lipinski definition) is 6. The van der Waals surface area contributed by atoms with Crippen LogP contribution in [0.3, 0.4) is 0 Å². The van der Waals surface area contributed by atoms with Crippen molar-refractivity contribution in [3.05, 3.63) is 0 Å². The molecule has 1 heterocycles. The van der Waals surface area contributed by atoms with Gasteiger partial charge >= 0.3 is 58.5 Å². The first-order chi connectivity index (χ1) is 4.16. The third-order valence-corrected chi connectivity index (χ3v) is 5.59. The van der Waals surface area contributed by atoms with Crippen LogP contribution < -0.4 is 0 Å². The molecule has 1 N–H and O–H groups in total. The molecule has 1 fully saturated rings. The second-order valence-electron chi connectivity index (χ2n) is 1.19. The molecule has 0 atom stereocenters. The van der Waals surface area contributed by atoms with Crippen LogP contribution in [0.1, 0.15) is 0 Å². The first-order valence-corrected chi connectivity index (χ1v) is 5.76. The molecule has 0 spiro atoms. The molecule has 0 radical (unpaired) electrons. The fourth-order valence-corrected chi connectivity index (χ4v) is 3.81. The molecule has 9 heavy (non-hydrogen) atoms. The number of hydrogen-bond donors (Lipinski definition) is 1. The summed E-state index contributed by atoms with van der Waals surface area (Å²) < 4.78 is 32.3. The molecular formula is HAlO6Si2. The maximum atomic E-state index is 10.0. The van der Waals surface area contributed by atoms with Gasteiger partial charge in [0.15, 0.2) is 0 Å². The molecule has 1 saturated heterocycles. The first-order valence-electron chi connectivity index (χ1n) is 1.92. The second-order valence-corrected chi connectivity index (χ2v) is 5.51. The van der Waals surface area contributed by atoms with E-state index < -0.39 is 33.7 Å². The Hall–Kier alpha value is -0.0738. The van der Waals surface area contributed by atoms with Crippen molar-refractivity contribution >= 4 is 33.7 Å². The van der Waals surface area contributed by atoms with Crippen molar-refractivity contribution in [2.24, 2.45) is 0 Å². The van der Waals surface area contributed by atoms with Gasteiger partial charge in [-0.25, -0.2) is 0 Å². The molecule has 0 aliphatic carbocycles. The summed E-state index contributed by atoms with van der Waals surface area (Å²) in [6.07, 6.45) is 0. The summed E-state index contributed by atoms with van der Waals surface area (Å²) in [5, 5.41) is 0. The van der Waals surface area contributed by atoms with Crippen LogP contribution in [-0.4, -0.2) is 38.5 Å². The maximum absolute atomic E-state index is 10.0. The van der Waals surface area contributed by atoms with Gasteiger partial charge in [-0.2, -0.15) is 0 Å². The Morgan fingerprint density at radius 2 is 2.22 bits per heavy atom. The predicted molar refractivity (Wildman–Crippen MR) is 24.1 cm³/mol. The van der Waals surface area contributed by atoms with E-state index in [1.54, 1.807) is 0 Å². The van der Waals surface area contributed by atoms with Gasteiger partial charge in [0.1, 0.15) is 0 Å². The summed E-state index contributed by atoms with van der Waals surface area (Å²) in [6.45, 7) is 0. The van der Waals surface area contributed by atoms with E-state index in [4.69, 9.17) is 4.80 Å². The van der Waals surface area contributed by atoms with Crippen LogP contribution in [0.2, 0.25) is 0 Å². The molecule has 0 aromatic heterocycles. The van der Waals surface area contributed by atoms with Crippen LogP contribution >= 0.6 is 0 Å². The fourth-order valence-electron chi connectivity index (χ4n) is 0.327. The summed E-state index contributed by atoms with van der Waals surface area (Å²) in [5.41, 5.74) is 0. The Balaban J connectivity index is 2.39. The molecular weight excluding hydrogens is 179 g/mol. The van der Waals surface area contributed by atoms with Crippen molar-refractivity contribution in [3.63, 3.8) is 0 Å². The molecule has 0 aromatic rings. The third-order valence-electron chi connectivity index (χ3n) is 0.622. The van der Waals surface area contributed by atoms with Gasteiger partial charge in [-0.1, -0.05) is 0 Å². The van der Waals surface area contributed by atoms with Gasteiger partial charge in [0, 0.05) is 0 Å². The van der Waals surface area contributed by atoms with Crippen LogP contribution in [0.4, 0.5) is 0 Å². The fraction of sp³-hybridized carbons (Fsp3) is 0. The summed E-state index contributed by atoms with van der Waals surface area (Å²) in [7, 11) is -6.11. The second kappa shape index (κ2) is 2.28. The monoisotopic (exact) mass is 180 g/mol. The van der Waals surface area contributed by atoms with Gasteiger partial charge in [-0.15, -0.1) is 0 Å². The van der Waals surface area contributed by atoms with E-state index in [9.17, 15) is 8.27 Å². The summed E-state index contributed by atoms with van der Waals surface area (Å²) in [4.78, 5) is 8.70. The normalized spacial score (nSPS) is 20.3. The molecule has 0 aromatic carbocycles. The minimum atomic E-state index is -3.60. The zero-order valence-electron chi connectivity index (χ0n) is 4.07. The zero-order chi connectivity index (χ0) is 6.91. The van der Waals surface area contributed by atoms with Gasteiger partial charge in [-0.3, -0.25) is 0 Å². The molecule has 1 rings (SSSR count). The van der Waals surface area contributed by atoms with Crippen LogP contribution in [0, 0.1) is 0 Å². The molecule has 1 aliphatic heterocycles. The van der Waals surface area contributed by atoms with Crippen LogP contribution in [-0.2, 0) is 20.0 Å². The third kappa shape index (κ3) is 1.44. The van der Waals surface area contributed by atoms with Crippen LogP contribution in [0.15, 0.2) is 0 Å². The Morgan fingerprint density at radius 3 is 2.56 bits per heavy atom. The molecule has 0 unspecified atom stereocenters. The van der Waals surface area contributed by atoms with E-state index in [-0.39, 0.29) is 0 Å². The molecule has 6 nitrogen and oxygen atoms in total. The van der Waals surface area contributed by atoms with E-state index in [1.807, 2.05) is 0 Å². The Morgan fingerprint density at radius 1 is 1.67 bits per heavy atom. The predicted octanol–water partition coefficient (Wildman–Crippen LogP) is -2.14. The standard InChI is InChI=1S/Al.HO5Si2.O/c;1-6-4-7(2,3)5-6;/h;2H;/q+1;-1;. The summed E-state index contributed by atoms with van der Waals surface area (Å²) >= 11 is -1.57. The average Bonchev–Trinajstić information content (AvgIpc) is 1.62. The van der Waals surface area contributed by atoms with E-state index >= 15 is 0 Å². The zero-order valence-corrected chi connectivity index (χ0v) is 7.22. The van der Waals surface area contributed by atoms with Crippen molar-refractivity contribution in [2.45, 2.75) is 0 Å². The first kappa shape index (κ1) is 7.04. The van der Waals surface area contributed by atoms with Gasteiger partial charge in [0.25, 0.3) is 0 Å². The Labute approximate surface area is 59.0 Å². The summed E-state index contributed by atoms with van der Waals surface area (Å²) in [6, 6.07) is 0. The average molecular weight is 180 g/mol. The number of rotatable bonds is 2. The Kier molecular flexibility index (Phi) is 1.78. The van der Waals surface area contributed by atoms with Crippen molar-refractivity contribution in [1.82, 2.24) is 0 Å². The summed E-state index contributed by atoms with van der Waals surface area (Å²) in [5.74, 6) is 0.